The number of rotatable bonds is 4. The van der Waals surface area contributed by atoms with Crippen molar-refractivity contribution in [2.24, 2.45) is 5.41 Å². The van der Waals surface area contributed by atoms with Crippen LogP contribution in [0.3, 0.4) is 0 Å². The zero-order valence-electron chi connectivity index (χ0n) is 10.8. The fourth-order valence-electron chi connectivity index (χ4n) is 2.78. The Balaban J connectivity index is 2.20. The van der Waals surface area contributed by atoms with E-state index < -0.39 is 0 Å². The molecule has 94 valence electrons. The number of nitrogens with zero attached hydrogens (tertiary/aromatic N) is 2. The topological polar surface area (TPSA) is 36.4 Å². The molecule has 0 saturated carbocycles. The van der Waals surface area contributed by atoms with Crippen molar-refractivity contribution < 1.29 is 5.11 Å². The smallest absolute Gasteiger partial charge is 0.134 e. The van der Waals surface area contributed by atoms with E-state index in [-0.39, 0.29) is 6.61 Å². The second-order valence-corrected chi connectivity index (χ2v) is 5.02. The highest BCUT2D eigenvalue weighted by molar-refractivity contribution is 5.47. The van der Waals surface area contributed by atoms with Gasteiger partial charge in [-0.2, -0.15) is 0 Å². The van der Waals surface area contributed by atoms with Crippen molar-refractivity contribution in [2.75, 3.05) is 18.0 Å². The zero-order chi connectivity index (χ0) is 12.3. The van der Waals surface area contributed by atoms with Crippen molar-refractivity contribution in [3.63, 3.8) is 0 Å². The molecule has 1 N–H and O–H groups in total. The quantitative estimate of drug-likeness (QED) is 0.870. The molecule has 2 rings (SSSR count). The molecule has 0 radical (unpaired) electrons. The van der Waals surface area contributed by atoms with Crippen LogP contribution < -0.4 is 4.90 Å². The molecular weight excluding hydrogens is 212 g/mol. The van der Waals surface area contributed by atoms with Gasteiger partial charge < -0.3 is 10.0 Å². The van der Waals surface area contributed by atoms with E-state index in [0.717, 1.165) is 24.5 Å². The summed E-state index contributed by atoms with van der Waals surface area (Å²) in [5.74, 6) is 0.971. The highest BCUT2D eigenvalue weighted by Gasteiger charge is 2.35. The second kappa shape index (κ2) is 5.05. The van der Waals surface area contributed by atoms with Gasteiger partial charge in [-0.25, -0.2) is 4.98 Å². The third-order valence-electron chi connectivity index (χ3n) is 4.28. The molecule has 1 aliphatic rings. The van der Waals surface area contributed by atoms with Crippen LogP contribution in [-0.2, 0) is 6.61 Å². The maximum Gasteiger partial charge on any atom is 0.134 e. The van der Waals surface area contributed by atoms with Crippen LogP contribution in [0.25, 0.3) is 0 Å². The molecule has 1 aromatic heterocycles. The van der Waals surface area contributed by atoms with Crippen LogP contribution in [0.5, 0.6) is 0 Å². The van der Waals surface area contributed by atoms with Gasteiger partial charge >= 0.3 is 0 Å². The van der Waals surface area contributed by atoms with Gasteiger partial charge in [0.1, 0.15) is 5.82 Å². The molecule has 1 aliphatic heterocycles. The van der Waals surface area contributed by atoms with Crippen LogP contribution in [0, 0.1) is 5.41 Å². The van der Waals surface area contributed by atoms with Gasteiger partial charge in [0, 0.05) is 24.8 Å². The first kappa shape index (κ1) is 12.4. The first-order valence-electron chi connectivity index (χ1n) is 6.54. The Morgan fingerprint density at radius 1 is 1.41 bits per heavy atom. The summed E-state index contributed by atoms with van der Waals surface area (Å²) in [4.78, 5) is 6.76. The predicted molar refractivity (Wildman–Crippen MR) is 70.0 cm³/mol. The fourth-order valence-corrected chi connectivity index (χ4v) is 2.78. The van der Waals surface area contributed by atoms with E-state index in [2.05, 4.69) is 23.7 Å². The van der Waals surface area contributed by atoms with Gasteiger partial charge in [-0.15, -0.1) is 0 Å². The number of hydrogen-bond acceptors (Lipinski definition) is 3. The molecule has 1 saturated heterocycles. The van der Waals surface area contributed by atoms with Crippen molar-refractivity contribution in [2.45, 2.75) is 39.7 Å². The standard InChI is InChI=1S/C14H22N2O/c1-3-14(4-2)7-9-16(11-14)13-12(10-17)6-5-8-15-13/h5-6,8,17H,3-4,7,9-11H2,1-2H3. The molecule has 0 atom stereocenters. The van der Waals surface area contributed by atoms with Crippen LogP contribution in [-0.4, -0.2) is 23.2 Å². The molecule has 0 bridgehead atoms. The summed E-state index contributed by atoms with van der Waals surface area (Å²) in [6.45, 7) is 6.76. The molecule has 2 heterocycles. The molecule has 3 heteroatoms. The molecule has 0 aliphatic carbocycles. The fraction of sp³-hybridized carbons (Fsp3) is 0.643. The minimum Gasteiger partial charge on any atom is -0.392 e. The molecule has 3 nitrogen and oxygen atoms in total. The highest BCUT2D eigenvalue weighted by Crippen LogP contribution is 2.39. The van der Waals surface area contributed by atoms with Crippen LogP contribution in [0.1, 0.15) is 38.7 Å². The molecular formula is C14H22N2O. The number of anilines is 1. The molecule has 0 unspecified atom stereocenters. The molecule has 1 aromatic rings. The summed E-state index contributed by atoms with van der Waals surface area (Å²) in [5.41, 5.74) is 1.39. The Hall–Kier alpha value is -1.09. The molecule has 0 spiro atoms. The number of aromatic nitrogens is 1. The maximum atomic E-state index is 9.36. The van der Waals surface area contributed by atoms with Crippen molar-refractivity contribution in [1.29, 1.82) is 0 Å². The molecule has 17 heavy (non-hydrogen) atoms. The summed E-state index contributed by atoms with van der Waals surface area (Å²) in [7, 11) is 0. The summed E-state index contributed by atoms with van der Waals surface area (Å²) < 4.78 is 0. The third kappa shape index (κ3) is 2.29. The lowest BCUT2D eigenvalue weighted by atomic mass is 9.82. The minimum absolute atomic E-state index is 0.0743. The van der Waals surface area contributed by atoms with Gasteiger partial charge in [0.15, 0.2) is 0 Å². The lowest BCUT2D eigenvalue weighted by Gasteiger charge is -2.27. The van der Waals surface area contributed by atoms with Crippen LogP contribution in [0.15, 0.2) is 18.3 Å². The van der Waals surface area contributed by atoms with Gasteiger partial charge in [0.2, 0.25) is 0 Å². The van der Waals surface area contributed by atoms with E-state index in [4.69, 9.17) is 0 Å². The first-order chi connectivity index (χ1) is 8.24. The summed E-state index contributed by atoms with van der Waals surface area (Å²) in [6.07, 6.45) is 5.50. The predicted octanol–water partition coefficient (Wildman–Crippen LogP) is 2.59. The largest absolute Gasteiger partial charge is 0.392 e. The Morgan fingerprint density at radius 3 is 2.76 bits per heavy atom. The Kier molecular flexibility index (Phi) is 3.67. The number of pyridine rings is 1. The van der Waals surface area contributed by atoms with Crippen LogP contribution in [0.2, 0.25) is 0 Å². The number of hydrogen-bond donors (Lipinski definition) is 1. The monoisotopic (exact) mass is 234 g/mol. The average Bonchev–Trinajstić information content (AvgIpc) is 2.83. The van der Waals surface area contributed by atoms with Crippen molar-refractivity contribution in [1.82, 2.24) is 4.98 Å². The average molecular weight is 234 g/mol. The van der Waals surface area contributed by atoms with Gasteiger partial charge in [-0.1, -0.05) is 19.9 Å². The first-order valence-corrected chi connectivity index (χ1v) is 6.54. The van der Waals surface area contributed by atoms with E-state index in [1.807, 2.05) is 18.3 Å². The van der Waals surface area contributed by atoms with Crippen LogP contribution >= 0.6 is 0 Å². The highest BCUT2D eigenvalue weighted by atomic mass is 16.3. The Morgan fingerprint density at radius 2 is 2.18 bits per heavy atom. The number of aliphatic hydroxyl groups excluding tert-OH is 1. The van der Waals surface area contributed by atoms with E-state index >= 15 is 0 Å². The van der Waals surface area contributed by atoms with Crippen LogP contribution in [0.4, 0.5) is 5.82 Å². The maximum absolute atomic E-state index is 9.36. The Labute approximate surface area is 103 Å². The van der Waals surface area contributed by atoms with E-state index in [1.165, 1.54) is 19.3 Å². The molecule has 1 fully saturated rings. The third-order valence-corrected chi connectivity index (χ3v) is 4.28. The minimum atomic E-state index is 0.0743. The van der Waals surface area contributed by atoms with E-state index in [0.29, 0.717) is 5.41 Å². The van der Waals surface area contributed by atoms with Gasteiger partial charge in [-0.05, 0) is 30.7 Å². The normalized spacial score (nSPS) is 18.6. The van der Waals surface area contributed by atoms with Crippen molar-refractivity contribution in [3.05, 3.63) is 23.9 Å². The SMILES string of the molecule is CCC1(CC)CCN(c2ncccc2CO)C1. The van der Waals surface area contributed by atoms with Crippen molar-refractivity contribution >= 4 is 5.82 Å². The zero-order valence-corrected chi connectivity index (χ0v) is 10.8. The lowest BCUT2D eigenvalue weighted by molar-refractivity contribution is 0.281. The van der Waals surface area contributed by atoms with E-state index in [1.54, 1.807) is 0 Å². The summed E-state index contributed by atoms with van der Waals surface area (Å²) >= 11 is 0. The summed E-state index contributed by atoms with van der Waals surface area (Å²) in [6, 6.07) is 3.85. The van der Waals surface area contributed by atoms with Gasteiger partial charge in [-0.3, -0.25) is 0 Å². The molecule has 0 amide bonds. The van der Waals surface area contributed by atoms with E-state index in [9.17, 15) is 5.11 Å². The number of aliphatic hydroxyl groups is 1. The van der Waals surface area contributed by atoms with Crippen molar-refractivity contribution in [3.8, 4) is 0 Å². The van der Waals surface area contributed by atoms with Gasteiger partial charge in [0.25, 0.3) is 0 Å². The second-order valence-electron chi connectivity index (χ2n) is 5.02. The van der Waals surface area contributed by atoms with Gasteiger partial charge in [0.05, 0.1) is 6.61 Å². The summed E-state index contributed by atoms with van der Waals surface area (Å²) in [5, 5.41) is 9.36. The molecule has 0 aromatic carbocycles. The Bertz CT molecular complexity index is 374. The lowest BCUT2D eigenvalue weighted by Crippen LogP contribution is -2.27.